The third-order valence-corrected chi connectivity index (χ3v) is 1.95. The Balaban J connectivity index is 3.23. The molecule has 4 nitrogen and oxygen atoms in total. The summed E-state index contributed by atoms with van der Waals surface area (Å²) in [6, 6.07) is 4.46. The zero-order chi connectivity index (χ0) is 9.14. The molecule has 0 unspecified atom stereocenters. The van der Waals surface area contributed by atoms with Crippen molar-refractivity contribution in [1.82, 2.24) is 0 Å². The van der Waals surface area contributed by atoms with Gasteiger partial charge in [0.05, 0.1) is 16.1 Å². The van der Waals surface area contributed by atoms with Crippen LogP contribution in [0.3, 0.4) is 0 Å². The summed E-state index contributed by atoms with van der Waals surface area (Å²) in [4.78, 5) is 10.9. The van der Waals surface area contributed by atoms with Crippen LogP contribution in [0.2, 0.25) is 0 Å². The minimum atomic E-state index is -1.09. The Hall–Kier alpha value is -1.20. The molecule has 64 valence electrons. The fourth-order valence-electron chi connectivity index (χ4n) is 0.810. The van der Waals surface area contributed by atoms with Crippen LogP contribution in [-0.4, -0.2) is 15.6 Å². The highest BCUT2D eigenvalue weighted by molar-refractivity contribution is 7.94. The van der Waals surface area contributed by atoms with Crippen molar-refractivity contribution in [2.45, 2.75) is 4.90 Å². The number of carbonyl (C=O) groups is 1. The van der Waals surface area contributed by atoms with Crippen LogP contribution < -0.4 is 5.73 Å². The lowest BCUT2D eigenvalue weighted by Gasteiger charge is -2.03. The minimum absolute atomic E-state index is 0.00838. The molecule has 0 fully saturated rings. The second-order valence-corrected chi connectivity index (χ2v) is 2.74. The molecule has 0 aliphatic carbocycles. The van der Waals surface area contributed by atoms with E-state index in [4.69, 9.17) is 15.4 Å². The molecule has 1 aromatic rings. The maximum Gasteiger partial charge on any atom is 0.337 e. The Kier molecular flexibility index (Phi) is 2.57. The van der Waals surface area contributed by atoms with Gasteiger partial charge in [-0.05, 0) is 12.1 Å². The summed E-state index contributed by atoms with van der Waals surface area (Å²) in [6.07, 6.45) is 0. The normalized spacial score (nSPS) is 9.75. The quantitative estimate of drug-likeness (QED) is 0.480. The Morgan fingerprint density at radius 2 is 2.17 bits per heavy atom. The van der Waals surface area contributed by atoms with Gasteiger partial charge in [-0.3, -0.25) is 0 Å². The average molecular weight is 185 g/mol. The number of carboxylic acids is 1. The van der Waals surface area contributed by atoms with Gasteiger partial charge in [0.1, 0.15) is 0 Å². The first-order valence-corrected chi connectivity index (χ1v) is 3.87. The highest BCUT2D eigenvalue weighted by atomic mass is 32.2. The van der Waals surface area contributed by atoms with E-state index in [-0.39, 0.29) is 11.3 Å². The number of aromatic carboxylic acids is 1. The number of benzene rings is 1. The second-order valence-electron chi connectivity index (χ2n) is 2.11. The van der Waals surface area contributed by atoms with Crippen LogP contribution in [0.15, 0.2) is 23.1 Å². The lowest BCUT2D eigenvalue weighted by atomic mass is 10.2. The van der Waals surface area contributed by atoms with Gasteiger partial charge in [0.2, 0.25) is 0 Å². The molecule has 0 heterocycles. The number of rotatable bonds is 2. The third kappa shape index (κ3) is 1.51. The molecule has 0 saturated carbocycles. The third-order valence-electron chi connectivity index (χ3n) is 1.39. The van der Waals surface area contributed by atoms with Gasteiger partial charge in [-0.25, -0.2) is 4.79 Å². The molecule has 4 N–H and O–H groups in total. The molecule has 0 radical (unpaired) electrons. The molecule has 1 aromatic carbocycles. The molecule has 12 heavy (non-hydrogen) atoms. The number of carboxylic acid groups (broad SMARTS) is 1. The van der Waals surface area contributed by atoms with Crippen molar-refractivity contribution >= 4 is 23.7 Å². The van der Waals surface area contributed by atoms with Crippen LogP contribution in [0, 0.1) is 0 Å². The Morgan fingerprint density at radius 1 is 1.50 bits per heavy atom. The average Bonchev–Trinajstić information content (AvgIpc) is 2.04. The van der Waals surface area contributed by atoms with Crippen molar-refractivity contribution in [3.63, 3.8) is 0 Å². The van der Waals surface area contributed by atoms with E-state index < -0.39 is 5.97 Å². The SMILES string of the molecule is Nc1c(SO)cccc1C(=O)O. The molecular formula is C7H7NO3S. The van der Waals surface area contributed by atoms with Crippen molar-refractivity contribution < 1.29 is 14.5 Å². The molecule has 0 atom stereocenters. The lowest BCUT2D eigenvalue weighted by Crippen LogP contribution is -2.02. The van der Waals surface area contributed by atoms with Gasteiger partial charge >= 0.3 is 5.97 Å². The summed E-state index contributed by atoms with van der Waals surface area (Å²) >= 11 is 0.439. The number of nitrogen functional groups attached to an aromatic ring is 1. The fourth-order valence-corrected chi connectivity index (χ4v) is 1.16. The number of anilines is 1. The smallest absolute Gasteiger partial charge is 0.337 e. The second kappa shape index (κ2) is 3.46. The van der Waals surface area contributed by atoms with Crippen molar-refractivity contribution in [3.8, 4) is 0 Å². The van der Waals surface area contributed by atoms with Crippen LogP contribution >= 0.6 is 12.0 Å². The monoisotopic (exact) mass is 185 g/mol. The summed E-state index contributed by atoms with van der Waals surface area (Å²) in [5.74, 6) is -1.09. The van der Waals surface area contributed by atoms with Crippen molar-refractivity contribution in [2.24, 2.45) is 0 Å². The molecule has 0 amide bonds. The summed E-state index contributed by atoms with van der Waals surface area (Å²) in [5, 5.41) is 8.61. The van der Waals surface area contributed by atoms with Gasteiger partial charge < -0.3 is 15.4 Å². The van der Waals surface area contributed by atoms with E-state index in [0.29, 0.717) is 16.9 Å². The fraction of sp³-hybridized carbons (Fsp3) is 0. The number of nitrogens with two attached hydrogens (primary N) is 1. The molecular weight excluding hydrogens is 178 g/mol. The van der Waals surface area contributed by atoms with E-state index in [1.54, 1.807) is 6.07 Å². The Bertz CT molecular complexity index is 314. The largest absolute Gasteiger partial charge is 0.478 e. The molecule has 5 heteroatoms. The predicted octanol–water partition coefficient (Wildman–Crippen LogP) is 1.53. The van der Waals surface area contributed by atoms with E-state index in [1.807, 2.05) is 0 Å². The molecule has 0 aliphatic heterocycles. The van der Waals surface area contributed by atoms with Gasteiger partial charge in [-0.1, -0.05) is 6.07 Å². The Morgan fingerprint density at radius 3 is 2.67 bits per heavy atom. The molecule has 0 aromatic heterocycles. The lowest BCUT2D eigenvalue weighted by molar-refractivity contribution is 0.0698. The summed E-state index contributed by atoms with van der Waals surface area (Å²) in [6.45, 7) is 0. The van der Waals surface area contributed by atoms with Crippen LogP contribution in [-0.2, 0) is 0 Å². The van der Waals surface area contributed by atoms with Crippen LogP contribution in [0.1, 0.15) is 10.4 Å². The number of hydrogen-bond donors (Lipinski definition) is 3. The van der Waals surface area contributed by atoms with Crippen LogP contribution in [0.5, 0.6) is 0 Å². The zero-order valence-electron chi connectivity index (χ0n) is 6.02. The van der Waals surface area contributed by atoms with E-state index >= 15 is 0 Å². The molecule has 0 bridgehead atoms. The molecule has 0 aliphatic rings. The van der Waals surface area contributed by atoms with E-state index in [9.17, 15) is 4.79 Å². The summed E-state index contributed by atoms with van der Waals surface area (Å²) < 4.78 is 8.67. The minimum Gasteiger partial charge on any atom is -0.478 e. The van der Waals surface area contributed by atoms with Crippen molar-refractivity contribution in [2.75, 3.05) is 5.73 Å². The molecule has 1 rings (SSSR count). The maximum absolute atomic E-state index is 10.5. The number of hydrogen-bond acceptors (Lipinski definition) is 4. The van der Waals surface area contributed by atoms with E-state index in [1.165, 1.54) is 12.1 Å². The van der Waals surface area contributed by atoms with Gasteiger partial charge in [0.15, 0.2) is 0 Å². The van der Waals surface area contributed by atoms with Gasteiger partial charge in [-0.2, -0.15) is 0 Å². The van der Waals surface area contributed by atoms with E-state index in [0.717, 1.165) is 0 Å². The highest BCUT2D eigenvalue weighted by Crippen LogP contribution is 2.25. The van der Waals surface area contributed by atoms with Gasteiger partial charge in [0.25, 0.3) is 0 Å². The number of para-hydroxylation sites is 1. The highest BCUT2D eigenvalue weighted by Gasteiger charge is 2.10. The standard InChI is InChI=1S/C7H7NO3S/c8-6-4(7(9)10)2-1-3-5(6)12-11/h1-3,11H,8H2,(H,9,10). The predicted molar refractivity (Wildman–Crippen MR) is 46.3 cm³/mol. The topological polar surface area (TPSA) is 83.5 Å². The van der Waals surface area contributed by atoms with Crippen molar-refractivity contribution in [1.29, 1.82) is 0 Å². The first-order chi connectivity index (χ1) is 5.66. The molecule has 0 saturated heterocycles. The summed E-state index contributed by atoms with van der Waals surface area (Å²) in [5.41, 5.74) is 5.54. The van der Waals surface area contributed by atoms with Gasteiger partial charge in [-0.15, -0.1) is 0 Å². The van der Waals surface area contributed by atoms with E-state index in [2.05, 4.69) is 0 Å². The van der Waals surface area contributed by atoms with Crippen LogP contribution in [0.4, 0.5) is 5.69 Å². The Labute approximate surface area is 73.2 Å². The first kappa shape index (κ1) is 8.89. The summed E-state index contributed by atoms with van der Waals surface area (Å²) in [7, 11) is 0. The van der Waals surface area contributed by atoms with Gasteiger partial charge in [0, 0.05) is 12.0 Å². The first-order valence-electron chi connectivity index (χ1n) is 3.10. The van der Waals surface area contributed by atoms with Crippen molar-refractivity contribution in [3.05, 3.63) is 23.8 Å². The zero-order valence-corrected chi connectivity index (χ0v) is 6.84. The van der Waals surface area contributed by atoms with Crippen LogP contribution in [0.25, 0.3) is 0 Å². The maximum atomic E-state index is 10.5. The molecule has 0 spiro atoms.